The molecule has 0 radical (unpaired) electrons. The van der Waals surface area contributed by atoms with Crippen molar-refractivity contribution in [1.82, 2.24) is 0 Å². The van der Waals surface area contributed by atoms with E-state index in [1.54, 1.807) is 6.07 Å². The maximum Gasteiger partial charge on any atom is 0.417 e. The Morgan fingerprint density at radius 1 is 0.960 bits per heavy atom. The molecule has 0 spiro atoms. The van der Waals surface area contributed by atoms with Crippen molar-refractivity contribution in [3.8, 4) is 0 Å². The number of alkyl halides is 3. The molecule has 0 amide bonds. The minimum absolute atomic E-state index is 0.178. The molecule has 1 saturated carbocycles. The Morgan fingerprint density at radius 2 is 1.56 bits per heavy atom. The molecule has 1 nitrogen and oxygen atoms in total. The highest BCUT2D eigenvalue weighted by molar-refractivity contribution is 9.10. The van der Waals surface area contributed by atoms with Crippen LogP contribution in [0.2, 0.25) is 0 Å². The number of thioether (sulfide) groups is 1. The third kappa shape index (κ3) is 4.11. The van der Waals surface area contributed by atoms with Crippen molar-refractivity contribution in [1.29, 1.82) is 0 Å². The molecule has 0 atom stereocenters. The van der Waals surface area contributed by atoms with Gasteiger partial charge in [0.2, 0.25) is 0 Å². The SMILES string of the molecule is O=C1CCC(Sc2ccccc2C(F)(F)F)(c2ccc(Br)cc2)CC1. The van der Waals surface area contributed by atoms with E-state index in [1.807, 2.05) is 24.3 Å². The summed E-state index contributed by atoms with van der Waals surface area (Å²) in [5, 5.41) is 0. The van der Waals surface area contributed by atoms with E-state index in [4.69, 9.17) is 0 Å². The van der Waals surface area contributed by atoms with Crippen LogP contribution in [-0.4, -0.2) is 5.78 Å². The van der Waals surface area contributed by atoms with Gasteiger partial charge in [-0.1, -0.05) is 40.2 Å². The van der Waals surface area contributed by atoms with E-state index >= 15 is 0 Å². The lowest BCUT2D eigenvalue weighted by molar-refractivity contribution is -0.139. The van der Waals surface area contributed by atoms with Crippen molar-refractivity contribution >= 4 is 33.5 Å². The summed E-state index contributed by atoms with van der Waals surface area (Å²) in [4.78, 5) is 11.9. The highest BCUT2D eigenvalue weighted by atomic mass is 79.9. The number of carbonyl (C=O) groups is 1. The third-order valence-electron chi connectivity index (χ3n) is 4.48. The molecule has 0 N–H and O–H groups in total. The molecule has 132 valence electrons. The average molecular weight is 429 g/mol. The standard InChI is InChI=1S/C19H16BrF3OS/c20-14-7-5-13(6-8-14)18(11-9-15(24)10-12-18)25-17-4-2-1-3-16(17)19(21,22)23/h1-8H,9-12H2. The Hall–Kier alpha value is -1.27. The van der Waals surface area contributed by atoms with E-state index in [0.29, 0.717) is 25.7 Å². The number of halogens is 4. The summed E-state index contributed by atoms with van der Waals surface area (Å²) >= 11 is 4.63. The van der Waals surface area contributed by atoms with E-state index in [2.05, 4.69) is 15.9 Å². The van der Waals surface area contributed by atoms with Gasteiger partial charge in [-0.3, -0.25) is 4.79 Å². The lowest BCUT2D eigenvalue weighted by atomic mass is 9.82. The molecule has 2 aromatic rings. The third-order valence-corrected chi connectivity index (χ3v) is 6.62. The zero-order chi connectivity index (χ0) is 18.1. The normalized spacial score (nSPS) is 17.5. The fourth-order valence-corrected chi connectivity index (χ4v) is 4.92. The van der Waals surface area contributed by atoms with E-state index in [9.17, 15) is 18.0 Å². The van der Waals surface area contributed by atoms with Gasteiger partial charge in [0.05, 0.1) is 5.56 Å². The van der Waals surface area contributed by atoms with E-state index in [0.717, 1.165) is 16.1 Å². The first-order valence-electron chi connectivity index (χ1n) is 7.93. The van der Waals surface area contributed by atoms with Crippen LogP contribution in [-0.2, 0) is 15.7 Å². The molecule has 0 bridgehead atoms. The predicted octanol–water partition coefficient (Wildman–Crippen LogP) is 6.60. The Bertz CT molecular complexity index is 761. The smallest absolute Gasteiger partial charge is 0.300 e. The quantitative estimate of drug-likeness (QED) is 0.547. The molecule has 3 rings (SSSR count). The van der Waals surface area contributed by atoms with Crippen LogP contribution in [0.3, 0.4) is 0 Å². The van der Waals surface area contributed by atoms with Gasteiger partial charge in [-0.05, 0) is 42.7 Å². The minimum Gasteiger partial charge on any atom is -0.300 e. The first kappa shape index (κ1) is 18.5. The Morgan fingerprint density at radius 3 is 2.16 bits per heavy atom. The van der Waals surface area contributed by atoms with Gasteiger partial charge in [-0.25, -0.2) is 0 Å². The summed E-state index contributed by atoms with van der Waals surface area (Å²) < 4.78 is 40.5. The number of carbonyl (C=O) groups excluding carboxylic acids is 1. The summed E-state index contributed by atoms with van der Waals surface area (Å²) in [5.41, 5.74) is 0.346. The van der Waals surface area contributed by atoms with Gasteiger partial charge in [0.1, 0.15) is 5.78 Å². The molecule has 0 unspecified atom stereocenters. The molecule has 1 aliphatic carbocycles. The fraction of sp³-hybridized carbons (Fsp3) is 0.316. The molecular formula is C19H16BrF3OS. The van der Waals surface area contributed by atoms with E-state index < -0.39 is 16.5 Å². The van der Waals surface area contributed by atoms with Crippen LogP contribution in [0.15, 0.2) is 57.9 Å². The number of rotatable bonds is 3. The van der Waals surface area contributed by atoms with Gasteiger partial charge in [0.25, 0.3) is 0 Å². The average Bonchev–Trinajstić information content (AvgIpc) is 2.57. The van der Waals surface area contributed by atoms with Crippen LogP contribution in [0.4, 0.5) is 13.2 Å². The lowest BCUT2D eigenvalue weighted by Crippen LogP contribution is -2.29. The zero-order valence-electron chi connectivity index (χ0n) is 13.3. The number of ketones is 1. The molecule has 25 heavy (non-hydrogen) atoms. The Kier molecular flexibility index (Phi) is 5.30. The van der Waals surface area contributed by atoms with Crippen molar-refractivity contribution in [3.63, 3.8) is 0 Å². The van der Waals surface area contributed by atoms with Gasteiger partial charge in [0, 0.05) is 27.0 Å². The minimum atomic E-state index is -4.39. The first-order valence-corrected chi connectivity index (χ1v) is 9.54. The number of Topliss-reactive ketones (excluding diaryl/α,β-unsaturated/α-hetero) is 1. The van der Waals surface area contributed by atoms with Crippen LogP contribution in [0.1, 0.15) is 36.8 Å². The number of hydrogen-bond acceptors (Lipinski definition) is 2. The number of benzene rings is 2. The molecule has 1 aliphatic rings. The first-order chi connectivity index (χ1) is 11.8. The molecule has 0 saturated heterocycles. The second-order valence-electron chi connectivity index (χ2n) is 6.14. The predicted molar refractivity (Wildman–Crippen MR) is 96.6 cm³/mol. The van der Waals surface area contributed by atoms with E-state index in [1.165, 1.54) is 23.9 Å². The monoisotopic (exact) mass is 428 g/mol. The lowest BCUT2D eigenvalue weighted by Gasteiger charge is -2.37. The maximum absolute atomic E-state index is 13.4. The Labute approximate surface area is 157 Å². The van der Waals surface area contributed by atoms with Gasteiger partial charge < -0.3 is 0 Å². The van der Waals surface area contributed by atoms with E-state index in [-0.39, 0.29) is 10.7 Å². The maximum atomic E-state index is 13.4. The highest BCUT2D eigenvalue weighted by Gasteiger charge is 2.40. The van der Waals surface area contributed by atoms with Crippen LogP contribution in [0.25, 0.3) is 0 Å². The summed E-state index contributed by atoms with van der Waals surface area (Å²) in [6.07, 6.45) is -2.50. The van der Waals surface area contributed by atoms with Gasteiger partial charge in [-0.2, -0.15) is 13.2 Å². The zero-order valence-corrected chi connectivity index (χ0v) is 15.7. The van der Waals surface area contributed by atoms with Gasteiger partial charge >= 0.3 is 6.18 Å². The van der Waals surface area contributed by atoms with Crippen LogP contribution >= 0.6 is 27.7 Å². The molecule has 0 heterocycles. The second-order valence-corrected chi connectivity index (χ2v) is 8.48. The Balaban J connectivity index is 2.03. The number of hydrogen-bond donors (Lipinski definition) is 0. The van der Waals surface area contributed by atoms with Crippen LogP contribution in [0, 0.1) is 0 Å². The summed E-state index contributed by atoms with van der Waals surface area (Å²) in [6, 6.07) is 13.3. The van der Waals surface area contributed by atoms with Gasteiger partial charge in [-0.15, -0.1) is 11.8 Å². The van der Waals surface area contributed by atoms with Crippen molar-refractivity contribution < 1.29 is 18.0 Å². The molecule has 1 fully saturated rings. The largest absolute Gasteiger partial charge is 0.417 e. The van der Waals surface area contributed by atoms with Crippen LogP contribution in [0.5, 0.6) is 0 Å². The summed E-state index contributed by atoms with van der Waals surface area (Å²) in [7, 11) is 0. The summed E-state index contributed by atoms with van der Waals surface area (Å²) in [5.74, 6) is 0.178. The van der Waals surface area contributed by atoms with Gasteiger partial charge in [0.15, 0.2) is 0 Å². The van der Waals surface area contributed by atoms with Crippen molar-refractivity contribution in [2.24, 2.45) is 0 Å². The molecule has 0 aliphatic heterocycles. The van der Waals surface area contributed by atoms with Crippen molar-refractivity contribution in [2.75, 3.05) is 0 Å². The summed E-state index contributed by atoms with van der Waals surface area (Å²) in [6.45, 7) is 0. The molecule has 6 heteroatoms. The van der Waals surface area contributed by atoms with Crippen molar-refractivity contribution in [2.45, 2.75) is 41.5 Å². The molecule has 0 aromatic heterocycles. The molecule has 2 aromatic carbocycles. The highest BCUT2D eigenvalue weighted by Crippen LogP contribution is 2.52. The second kappa shape index (κ2) is 7.16. The topological polar surface area (TPSA) is 17.1 Å². The fourth-order valence-electron chi connectivity index (χ4n) is 3.14. The van der Waals surface area contributed by atoms with Crippen LogP contribution < -0.4 is 0 Å². The van der Waals surface area contributed by atoms with Crippen molar-refractivity contribution in [3.05, 3.63) is 64.1 Å². The molecular weight excluding hydrogens is 413 g/mol.